The smallest absolute Gasteiger partial charge is 0.416 e. The van der Waals surface area contributed by atoms with Gasteiger partial charge in [0.2, 0.25) is 5.91 Å². The van der Waals surface area contributed by atoms with Crippen molar-refractivity contribution >= 4 is 11.6 Å². The number of likely N-dealkylation sites (N-methyl/N-ethyl adjacent to an activating group) is 1. The van der Waals surface area contributed by atoms with E-state index in [1.54, 1.807) is 18.0 Å². The Labute approximate surface area is 181 Å². The molecule has 2 aromatic carbocycles. The van der Waals surface area contributed by atoms with Crippen LogP contribution in [0, 0.1) is 0 Å². The van der Waals surface area contributed by atoms with Crippen LogP contribution in [0.4, 0.5) is 18.9 Å². The Bertz CT molecular complexity index is 1090. The molecule has 1 amide bonds. The molecule has 1 aromatic heterocycles. The van der Waals surface area contributed by atoms with Crippen LogP contribution in [0.2, 0.25) is 0 Å². The van der Waals surface area contributed by atoms with E-state index in [4.69, 9.17) is 9.47 Å². The van der Waals surface area contributed by atoms with Gasteiger partial charge in [-0.15, -0.1) is 0 Å². The quantitative estimate of drug-likeness (QED) is 0.626. The first-order valence-corrected chi connectivity index (χ1v) is 9.73. The summed E-state index contributed by atoms with van der Waals surface area (Å²) in [5.74, 6) is 0.808. The molecule has 8 nitrogen and oxygen atoms in total. The Morgan fingerprint density at radius 3 is 2.75 bits per heavy atom. The highest BCUT2D eigenvalue weighted by molar-refractivity contribution is 5.94. The fourth-order valence-corrected chi connectivity index (χ4v) is 3.35. The summed E-state index contributed by atoms with van der Waals surface area (Å²) in [4.78, 5) is 18.1. The molecular weight excluding hydrogens is 427 g/mol. The van der Waals surface area contributed by atoms with Crippen molar-refractivity contribution in [3.05, 3.63) is 60.7 Å². The van der Waals surface area contributed by atoms with Gasteiger partial charge in [0.25, 0.3) is 0 Å². The lowest BCUT2D eigenvalue weighted by atomic mass is 10.1. The van der Waals surface area contributed by atoms with Crippen LogP contribution in [0.1, 0.15) is 5.56 Å². The van der Waals surface area contributed by atoms with Crippen molar-refractivity contribution in [1.29, 1.82) is 0 Å². The average molecular weight is 447 g/mol. The van der Waals surface area contributed by atoms with Crippen LogP contribution in [-0.2, 0) is 11.0 Å². The molecular formula is C21H20F3N5O3. The molecule has 0 fully saturated rings. The molecule has 0 saturated carbocycles. The van der Waals surface area contributed by atoms with Crippen molar-refractivity contribution in [3.63, 3.8) is 0 Å². The summed E-state index contributed by atoms with van der Waals surface area (Å²) in [7, 11) is 1.72. The zero-order chi connectivity index (χ0) is 22.7. The highest BCUT2D eigenvalue weighted by Gasteiger charge is 2.31. The Balaban J connectivity index is 1.42. The minimum Gasteiger partial charge on any atom is -0.486 e. The second kappa shape index (κ2) is 8.87. The number of anilines is 1. The van der Waals surface area contributed by atoms with E-state index < -0.39 is 17.6 Å². The van der Waals surface area contributed by atoms with Crippen molar-refractivity contribution in [3.8, 4) is 17.2 Å². The van der Waals surface area contributed by atoms with E-state index in [1.165, 1.54) is 23.4 Å². The summed E-state index contributed by atoms with van der Waals surface area (Å²) in [5, 5.41) is 6.49. The van der Waals surface area contributed by atoms with Gasteiger partial charge in [0, 0.05) is 6.54 Å². The van der Waals surface area contributed by atoms with Crippen molar-refractivity contribution in [2.75, 3.05) is 32.1 Å². The molecule has 1 N–H and O–H groups in total. The van der Waals surface area contributed by atoms with Gasteiger partial charge >= 0.3 is 6.18 Å². The molecule has 32 heavy (non-hydrogen) atoms. The molecule has 1 atom stereocenters. The normalized spacial score (nSPS) is 15.6. The van der Waals surface area contributed by atoms with Gasteiger partial charge in [-0.3, -0.25) is 9.69 Å². The molecule has 0 aliphatic carbocycles. The number of hydrogen-bond acceptors (Lipinski definition) is 6. The summed E-state index contributed by atoms with van der Waals surface area (Å²) < 4.78 is 52.4. The molecule has 2 heterocycles. The van der Waals surface area contributed by atoms with Crippen molar-refractivity contribution in [2.24, 2.45) is 0 Å². The summed E-state index contributed by atoms with van der Waals surface area (Å²) in [6, 6.07) is 10.3. The molecule has 0 radical (unpaired) electrons. The molecule has 1 aliphatic heterocycles. The monoisotopic (exact) mass is 447 g/mol. The molecule has 1 aliphatic rings. The molecule has 0 spiro atoms. The Hall–Kier alpha value is -3.60. The highest BCUT2D eigenvalue weighted by Crippen LogP contribution is 2.33. The zero-order valence-electron chi connectivity index (χ0n) is 17.0. The first-order valence-electron chi connectivity index (χ1n) is 9.73. The number of carbonyl (C=O) groups is 1. The van der Waals surface area contributed by atoms with Gasteiger partial charge in [-0.1, -0.05) is 12.1 Å². The lowest BCUT2D eigenvalue weighted by Gasteiger charge is -2.29. The average Bonchev–Trinajstić information content (AvgIpc) is 3.27. The van der Waals surface area contributed by atoms with E-state index in [-0.39, 0.29) is 24.0 Å². The van der Waals surface area contributed by atoms with Crippen LogP contribution in [-0.4, -0.2) is 58.4 Å². The minimum atomic E-state index is -4.55. The van der Waals surface area contributed by atoms with Gasteiger partial charge in [-0.05, 0) is 37.4 Å². The number of amides is 1. The van der Waals surface area contributed by atoms with Gasteiger partial charge in [0.15, 0.2) is 11.5 Å². The highest BCUT2D eigenvalue weighted by atomic mass is 19.4. The number of benzene rings is 2. The standard InChI is InChI=1S/C21H20F3N5O3/c1-28(9-15-11-31-18-4-2-3-5-19(18)32-15)10-20(30)27-16-8-14(21(22,23)24)6-7-17(16)29-13-25-12-26-29/h2-8,12-13,15H,9-11H2,1H3,(H,27,30)/t15-/m0/s1. The molecule has 3 aromatic rings. The maximum absolute atomic E-state index is 13.2. The third-order valence-electron chi connectivity index (χ3n) is 4.76. The van der Waals surface area contributed by atoms with Crippen LogP contribution in [0.25, 0.3) is 5.69 Å². The van der Waals surface area contributed by atoms with E-state index in [0.29, 0.717) is 24.7 Å². The van der Waals surface area contributed by atoms with E-state index in [1.807, 2.05) is 18.2 Å². The summed E-state index contributed by atoms with van der Waals surface area (Å²) in [6.07, 6.45) is -2.25. The Kier molecular flexibility index (Phi) is 5.99. The Morgan fingerprint density at radius 2 is 2.03 bits per heavy atom. The largest absolute Gasteiger partial charge is 0.486 e. The number of ether oxygens (including phenoxy) is 2. The third kappa shape index (κ3) is 4.99. The van der Waals surface area contributed by atoms with Crippen molar-refractivity contribution in [2.45, 2.75) is 12.3 Å². The number of para-hydroxylation sites is 2. The van der Waals surface area contributed by atoms with Crippen LogP contribution in [0.15, 0.2) is 55.1 Å². The number of aromatic nitrogens is 3. The van der Waals surface area contributed by atoms with E-state index in [2.05, 4.69) is 15.4 Å². The minimum absolute atomic E-state index is 0.0186. The predicted octanol–water partition coefficient (Wildman–Crippen LogP) is 3.00. The number of nitrogens with one attached hydrogen (secondary N) is 1. The van der Waals surface area contributed by atoms with Gasteiger partial charge in [-0.2, -0.15) is 18.3 Å². The van der Waals surface area contributed by atoms with Crippen LogP contribution >= 0.6 is 0 Å². The summed E-state index contributed by atoms with van der Waals surface area (Å²) in [6.45, 7) is 0.655. The molecule has 0 unspecified atom stereocenters. The topological polar surface area (TPSA) is 81.5 Å². The number of rotatable bonds is 6. The summed E-state index contributed by atoms with van der Waals surface area (Å²) >= 11 is 0. The van der Waals surface area contributed by atoms with Crippen LogP contribution < -0.4 is 14.8 Å². The maximum Gasteiger partial charge on any atom is 0.416 e. The maximum atomic E-state index is 13.2. The lowest BCUT2D eigenvalue weighted by molar-refractivity contribution is -0.137. The fraction of sp³-hybridized carbons (Fsp3) is 0.286. The first-order chi connectivity index (χ1) is 15.3. The number of fused-ring (bicyclic) bond motifs is 1. The fourth-order valence-electron chi connectivity index (χ4n) is 3.35. The molecule has 168 valence electrons. The number of nitrogens with zero attached hydrogens (tertiary/aromatic N) is 4. The lowest BCUT2D eigenvalue weighted by Crippen LogP contribution is -2.42. The predicted molar refractivity (Wildman–Crippen MR) is 109 cm³/mol. The Morgan fingerprint density at radius 1 is 1.25 bits per heavy atom. The van der Waals surface area contributed by atoms with Gasteiger partial charge in [-0.25, -0.2) is 9.67 Å². The number of carbonyl (C=O) groups excluding carboxylic acids is 1. The molecule has 0 bridgehead atoms. The zero-order valence-corrected chi connectivity index (χ0v) is 17.0. The number of alkyl halides is 3. The first kappa shape index (κ1) is 21.6. The number of hydrogen-bond donors (Lipinski definition) is 1. The van der Waals surface area contributed by atoms with E-state index in [0.717, 1.165) is 12.1 Å². The second-order valence-corrected chi connectivity index (χ2v) is 7.31. The van der Waals surface area contributed by atoms with Crippen molar-refractivity contribution in [1.82, 2.24) is 19.7 Å². The molecule has 4 rings (SSSR count). The molecule has 11 heteroatoms. The van der Waals surface area contributed by atoms with Crippen LogP contribution in [0.3, 0.4) is 0 Å². The van der Waals surface area contributed by atoms with E-state index >= 15 is 0 Å². The van der Waals surface area contributed by atoms with Gasteiger partial charge < -0.3 is 14.8 Å². The summed E-state index contributed by atoms with van der Waals surface area (Å²) in [5.41, 5.74) is -0.626. The van der Waals surface area contributed by atoms with Gasteiger partial charge in [0.05, 0.1) is 23.5 Å². The van der Waals surface area contributed by atoms with Crippen LogP contribution in [0.5, 0.6) is 11.5 Å². The molecule has 0 saturated heterocycles. The van der Waals surface area contributed by atoms with Gasteiger partial charge in [0.1, 0.15) is 25.4 Å². The number of halogens is 3. The second-order valence-electron chi connectivity index (χ2n) is 7.31. The SMILES string of the molecule is CN(CC(=O)Nc1cc(C(F)(F)F)ccc1-n1cncn1)C[C@H]1COc2ccccc2O1. The van der Waals surface area contributed by atoms with E-state index in [9.17, 15) is 18.0 Å². The third-order valence-corrected chi connectivity index (χ3v) is 4.76. The van der Waals surface area contributed by atoms with Crippen molar-refractivity contribution < 1.29 is 27.4 Å².